The summed E-state index contributed by atoms with van der Waals surface area (Å²) in [5.41, 5.74) is 8.95. The molecule has 0 radical (unpaired) electrons. The van der Waals surface area contributed by atoms with Crippen LogP contribution in [0.15, 0.2) is 48.5 Å². The number of hydrogen-bond donors (Lipinski definition) is 2. The molecule has 112 valence electrons. The Morgan fingerprint density at radius 2 is 1.86 bits per heavy atom. The quantitative estimate of drug-likeness (QED) is 0.729. The third kappa shape index (κ3) is 4.15. The summed E-state index contributed by atoms with van der Waals surface area (Å²) in [6.07, 6.45) is 1.98. The van der Waals surface area contributed by atoms with E-state index >= 15 is 0 Å². The lowest BCUT2D eigenvalue weighted by Gasteiger charge is -2.20. The molecule has 0 aliphatic heterocycles. The number of nitrogens with one attached hydrogen (secondary N) is 1. The second-order valence-corrected chi connectivity index (χ2v) is 5.12. The first-order valence-corrected chi connectivity index (χ1v) is 7.58. The normalized spacial score (nSPS) is 11.9. The SMILES string of the molecule is CCCOc1cc(NC(CC)c2ccccc2)ccc1N. The van der Waals surface area contributed by atoms with Crippen LogP contribution in [0.1, 0.15) is 38.3 Å². The highest BCUT2D eigenvalue weighted by Gasteiger charge is 2.10. The lowest BCUT2D eigenvalue weighted by Crippen LogP contribution is -2.10. The van der Waals surface area contributed by atoms with Gasteiger partial charge >= 0.3 is 0 Å². The molecule has 0 fully saturated rings. The van der Waals surface area contributed by atoms with Crippen molar-refractivity contribution < 1.29 is 4.74 Å². The Kier molecular flexibility index (Phi) is 5.50. The Morgan fingerprint density at radius 3 is 2.52 bits per heavy atom. The molecular formula is C18H24N2O. The molecule has 3 nitrogen and oxygen atoms in total. The molecule has 0 aliphatic carbocycles. The summed E-state index contributed by atoms with van der Waals surface area (Å²) >= 11 is 0. The second kappa shape index (κ2) is 7.58. The number of benzene rings is 2. The first-order chi connectivity index (χ1) is 10.2. The lowest BCUT2D eigenvalue weighted by molar-refractivity contribution is 0.319. The van der Waals surface area contributed by atoms with Crippen LogP contribution in [0.3, 0.4) is 0 Å². The maximum atomic E-state index is 5.95. The van der Waals surface area contributed by atoms with Crippen molar-refractivity contribution >= 4 is 11.4 Å². The van der Waals surface area contributed by atoms with Gasteiger partial charge in [-0.1, -0.05) is 44.2 Å². The molecule has 2 aromatic rings. The number of anilines is 2. The van der Waals surface area contributed by atoms with Gasteiger partial charge in [-0.3, -0.25) is 0 Å². The number of nitrogens with two attached hydrogens (primary N) is 1. The van der Waals surface area contributed by atoms with Crippen LogP contribution in [0.4, 0.5) is 11.4 Å². The summed E-state index contributed by atoms with van der Waals surface area (Å²) in [5.74, 6) is 0.754. The molecule has 0 amide bonds. The number of hydrogen-bond acceptors (Lipinski definition) is 3. The van der Waals surface area contributed by atoms with E-state index in [1.54, 1.807) is 0 Å². The molecule has 3 N–H and O–H groups in total. The van der Waals surface area contributed by atoms with Gasteiger partial charge in [0, 0.05) is 11.8 Å². The van der Waals surface area contributed by atoms with Gasteiger partial charge in [0.05, 0.1) is 18.3 Å². The van der Waals surface area contributed by atoms with E-state index < -0.39 is 0 Å². The summed E-state index contributed by atoms with van der Waals surface area (Å²) in [7, 11) is 0. The molecule has 0 aliphatic rings. The minimum absolute atomic E-state index is 0.286. The number of ether oxygens (including phenoxy) is 1. The summed E-state index contributed by atoms with van der Waals surface area (Å²) in [5, 5.41) is 3.55. The third-order valence-electron chi connectivity index (χ3n) is 3.43. The number of rotatable bonds is 7. The van der Waals surface area contributed by atoms with Crippen molar-refractivity contribution in [1.29, 1.82) is 0 Å². The molecule has 1 atom stereocenters. The third-order valence-corrected chi connectivity index (χ3v) is 3.43. The van der Waals surface area contributed by atoms with Crippen molar-refractivity contribution in [1.82, 2.24) is 0 Å². The van der Waals surface area contributed by atoms with Crippen LogP contribution in [0.2, 0.25) is 0 Å². The highest BCUT2D eigenvalue weighted by molar-refractivity contribution is 5.61. The molecule has 0 saturated carbocycles. The van der Waals surface area contributed by atoms with Crippen LogP contribution in [0, 0.1) is 0 Å². The highest BCUT2D eigenvalue weighted by Crippen LogP contribution is 2.29. The van der Waals surface area contributed by atoms with Gasteiger partial charge in [-0.25, -0.2) is 0 Å². The molecular weight excluding hydrogens is 260 g/mol. The van der Waals surface area contributed by atoms with E-state index in [0.29, 0.717) is 12.3 Å². The van der Waals surface area contributed by atoms with E-state index in [2.05, 4.69) is 43.4 Å². The fourth-order valence-corrected chi connectivity index (χ4v) is 2.27. The predicted molar refractivity (Wildman–Crippen MR) is 89.7 cm³/mol. The van der Waals surface area contributed by atoms with Gasteiger partial charge in [0.25, 0.3) is 0 Å². The fourth-order valence-electron chi connectivity index (χ4n) is 2.27. The molecule has 0 heterocycles. The average molecular weight is 284 g/mol. The van der Waals surface area contributed by atoms with Gasteiger partial charge in [0.15, 0.2) is 0 Å². The fraction of sp³-hybridized carbons (Fsp3) is 0.333. The minimum Gasteiger partial charge on any atom is -0.491 e. The van der Waals surface area contributed by atoms with E-state index in [4.69, 9.17) is 10.5 Å². The highest BCUT2D eigenvalue weighted by atomic mass is 16.5. The first-order valence-electron chi connectivity index (χ1n) is 7.58. The van der Waals surface area contributed by atoms with Gasteiger partial charge in [0.2, 0.25) is 0 Å². The van der Waals surface area contributed by atoms with Crippen molar-refractivity contribution in [3.05, 3.63) is 54.1 Å². The zero-order chi connectivity index (χ0) is 15.1. The molecule has 2 rings (SSSR count). The van der Waals surface area contributed by atoms with E-state index in [-0.39, 0.29) is 6.04 Å². The van der Waals surface area contributed by atoms with E-state index in [1.165, 1.54) is 5.56 Å². The van der Waals surface area contributed by atoms with Crippen molar-refractivity contribution in [2.24, 2.45) is 0 Å². The first kappa shape index (κ1) is 15.2. The van der Waals surface area contributed by atoms with Crippen molar-refractivity contribution in [2.75, 3.05) is 17.7 Å². The summed E-state index contributed by atoms with van der Waals surface area (Å²) < 4.78 is 5.68. The lowest BCUT2D eigenvalue weighted by atomic mass is 10.0. The number of nitrogen functional groups attached to an aromatic ring is 1. The second-order valence-electron chi connectivity index (χ2n) is 5.12. The zero-order valence-corrected chi connectivity index (χ0v) is 12.8. The van der Waals surface area contributed by atoms with Crippen LogP contribution in [0.5, 0.6) is 5.75 Å². The van der Waals surface area contributed by atoms with Crippen LogP contribution >= 0.6 is 0 Å². The maximum Gasteiger partial charge on any atom is 0.144 e. The Morgan fingerprint density at radius 1 is 1.10 bits per heavy atom. The molecule has 0 aromatic heterocycles. The molecule has 21 heavy (non-hydrogen) atoms. The smallest absolute Gasteiger partial charge is 0.144 e. The Hall–Kier alpha value is -2.16. The minimum atomic E-state index is 0.286. The van der Waals surface area contributed by atoms with E-state index in [0.717, 1.165) is 24.3 Å². The monoisotopic (exact) mass is 284 g/mol. The van der Waals surface area contributed by atoms with Gasteiger partial charge < -0.3 is 15.8 Å². The van der Waals surface area contributed by atoms with Crippen LogP contribution in [-0.2, 0) is 0 Å². The molecule has 3 heteroatoms. The van der Waals surface area contributed by atoms with Gasteiger partial charge in [0.1, 0.15) is 5.75 Å². The molecule has 0 saturated heterocycles. The Bertz CT molecular complexity index is 554. The van der Waals surface area contributed by atoms with Gasteiger partial charge in [-0.2, -0.15) is 0 Å². The summed E-state index contributed by atoms with van der Waals surface area (Å²) in [6, 6.07) is 16.6. The Labute approximate surface area is 127 Å². The molecule has 0 bridgehead atoms. The van der Waals surface area contributed by atoms with Crippen LogP contribution in [0.25, 0.3) is 0 Å². The molecule has 1 unspecified atom stereocenters. The molecule has 2 aromatic carbocycles. The largest absolute Gasteiger partial charge is 0.491 e. The standard InChI is InChI=1S/C18H24N2O/c1-3-12-21-18-13-15(10-11-16(18)19)20-17(4-2)14-8-6-5-7-9-14/h5-11,13,17,20H,3-4,12,19H2,1-2H3. The predicted octanol–water partition coefficient (Wildman–Crippen LogP) is 4.62. The summed E-state index contributed by atoms with van der Waals surface area (Å²) in [4.78, 5) is 0. The van der Waals surface area contributed by atoms with Crippen molar-refractivity contribution in [3.63, 3.8) is 0 Å². The van der Waals surface area contributed by atoms with E-state index in [9.17, 15) is 0 Å². The van der Waals surface area contributed by atoms with Crippen molar-refractivity contribution in [3.8, 4) is 5.75 Å². The Balaban J connectivity index is 2.14. The van der Waals surface area contributed by atoms with Crippen LogP contribution < -0.4 is 15.8 Å². The van der Waals surface area contributed by atoms with Crippen LogP contribution in [-0.4, -0.2) is 6.61 Å². The van der Waals surface area contributed by atoms with Crippen molar-refractivity contribution in [2.45, 2.75) is 32.7 Å². The maximum absolute atomic E-state index is 5.95. The van der Waals surface area contributed by atoms with E-state index in [1.807, 2.05) is 24.3 Å². The zero-order valence-electron chi connectivity index (χ0n) is 12.8. The molecule has 0 spiro atoms. The topological polar surface area (TPSA) is 47.3 Å². The summed E-state index contributed by atoms with van der Waals surface area (Å²) in [6.45, 7) is 4.95. The van der Waals surface area contributed by atoms with Gasteiger partial charge in [-0.05, 0) is 30.5 Å². The average Bonchev–Trinajstić information content (AvgIpc) is 2.53. The van der Waals surface area contributed by atoms with Gasteiger partial charge in [-0.15, -0.1) is 0 Å².